The zero-order valence-corrected chi connectivity index (χ0v) is 9.32. The normalized spacial score (nSPS) is 51.4. The fourth-order valence-corrected chi connectivity index (χ4v) is 4.25. The van der Waals surface area contributed by atoms with Crippen LogP contribution in [-0.2, 0) is 9.53 Å². The largest absolute Gasteiger partial charge is 0.457 e. The Kier molecular flexibility index (Phi) is 1.65. The Morgan fingerprint density at radius 2 is 2.00 bits per heavy atom. The van der Waals surface area contributed by atoms with Crippen LogP contribution in [0.25, 0.3) is 0 Å². The summed E-state index contributed by atoms with van der Waals surface area (Å²) in [5, 5.41) is 10.5. The van der Waals surface area contributed by atoms with Crippen molar-refractivity contribution in [2.45, 2.75) is 50.7 Å². The monoisotopic (exact) mass is 210 g/mol. The van der Waals surface area contributed by atoms with E-state index in [9.17, 15) is 9.90 Å². The molecule has 0 aromatic carbocycles. The molecule has 3 fully saturated rings. The van der Waals surface area contributed by atoms with Gasteiger partial charge in [0.05, 0.1) is 0 Å². The minimum atomic E-state index is -1.14. The summed E-state index contributed by atoms with van der Waals surface area (Å²) in [5.74, 6) is 0.333. The topological polar surface area (TPSA) is 46.5 Å². The maximum Gasteiger partial charge on any atom is 0.339 e. The molecule has 3 heteroatoms. The van der Waals surface area contributed by atoms with Gasteiger partial charge in [0.1, 0.15) is 5.60 Å². The van der Waals surface area contributed by atoms with Gasteiger partial charge in [-0.05, 0) is 32.6 Å². The molecule has 0 radical (unpaired) electrons. The SMILES string of the molecule is CC1(C)OC(=O)[C@@]2(O)[C@@H]3CCCC[C@@H]3[C@@H]12. The number of cyclic esters (lactones) is 1. The third-order valence-corrected chi connectivity index (χ3v) is 4.72. The number of fused-ring (bicyclic) bond motifs is 4. The third-order valence-electron chi connectivity index (χ3n) is 4.72. The van der Waals surface area contributed by atoms with E-state index in [1.54, 1.807) is 0 Å². The predicted octanol–water partition coefficient (Wildman–Crippen LogP) is 1.49. The van der Waals surface area contributed by atoms with Crippen molar-refractivity contribution in [1.82, 2.24) is 0 Å². The molecule has 0 aromatic heterocycles. The number of rotatable bonds is 0. The maximum atomic E-state index is 11.8. The highest BCUT2D eigenvalue weighted by molar-refractivity contribution is 5.85. The van der Waals surface area contributed by atoms with E-state index in [1.807, 2.05) is 13.8 Å². The van der Waals surface area contributed by atoms with Gasteiger partial charge in [-0.15, -0.1) is 0 Å². The van der Waals surface area contributed by atoms with Crippen molar-refractivity contribution in [1.29, 1.82) is 0 Å². The molecule has 2 aliphatic carbocycles. The Morgan fingerprint density at radius 3 is 2.73 bits per heavy atom. The van der Waals surface area contributed by atoms with Crippen LogP contribution < -0.4 is 0 Å². The fraction of sp³-hybridized carbons (Fsp3) is 0.917. The molecule has 84 valence electrons. The van der Waals surface area contributed by atoms with Crippen LogP contribution in [0.2, 0.25) is 0 Å². The first kappa shape index (κ1) is 9.64. The standard InChI is InChI=1S/C12H18O3/c1-11(2)9-7-5-3-4-6-8(7)12(9,14)10(13)15-11/h7-9,14H,3-6H2,1-2H3/t7-,8+,9-,12+/m0/s1. The van der Waals surface area contributed by atoms with Gasteiger partial charge in [0, 0.05) is 11.8 Å². The van der Waals surface area contributed by atoms with Gasteiger partial charge in [-0.3, -0.25) is 0 Å². The van der Waals surface area contributed by atoms with Crippen LogP contribution in [0.15, 0.2) is 0 Å². The molecule has 3 rings (SSSR count). The molecule has 0 spiro atoms. The summed E-state index contributed by atoms with van der Waals surface area (Å²) in [6.45, 7) is 3.86. The number of aliphatic hydroxyl groups is 1. The van der Waals surface area contributed by atoms with Gasteiger partial charge in [-0.2, -0.15) is 0 Å². The molecule has 3 nitrogen and oxygen atoms in total. The number of hydrogen-bond acceptors (Lipinski definition) is 3. The lowest BCUT2D eigenvalue weighted by Gasteiger charge is -2.56. The Bertz CT molecular complexity index is 323. The van der Waals surface area contributed by atoms with E-state index in [0.29, 0.717) is 5.92 Å². The maximum absolute atomic E-state index is 11.8. The average Bonchev–Trinajstić information content (AvgIpc) is 2.29. The summed E-state index contributed by atoms with van der Waals surface area (Å²) in [5.41, 5.74) is -1.61. The molecule has 0 amide bonds. The van der Waals surface area contributed by atoms with Gasteiger partial charge in [0.15, 0.2) is 5.60 Å². The Labute approximate surface area is 89.8 Å². The van der Waals surface area contributed by atoms with E-state index in [-0.39, 0.29) is 17.8 Å². The van der Waals surface area contributed by atoms with Gasteiger partial charge in [-0.1, -0.05) is 12.8 Å². The van der Waals surface area contributed by atoms with Crippen LogP contribution in [0.5, 0.6) is 0 Å². The van der Waals surface area contributed by atoms with Crippen molar-refractivity contribution in [2.75, 3.05) is 0 Å². The number of carbonyl (C=O) groups is 1. The molecule has 4 atom stereocenters. The highest BCUT2D eigenvalue weighted by atomic mass is 16.6. The highest BCUT2D eigenvalue weighted by Crippen LogP contribution is 2.64. The molecule has 2 saturated carbocycles. The molecule has 1 heterocycles. The first-order chi connectivity index (χ1) is 6.98. The molecule has 0 aromatic rings. The molecule has 3 aliphatic rings. The summed E-state index contributed by atoms with van der Waals surface area (Å²) in [4.78, 5) is 11.8. The lowest BCUT2D eigenvalue weighted by molar-refractivity contribution is -0.203. The van der Waals surface area contributed by atoms with E-state index in [2.05, 4.69) is 0 Å². The number of carbonyl (C=O) groups excluding carboxylic acids is 1. The highest BCUT2D eigenvalue weighted by Gasteiger charge is 2.75. The van der Waals surface area contributed by atoms with E-state index in [1.165, 1.54) is 6.42 Å². The van der Waals surface area contributed by atoms with Crippen molar-refractivity contribution in [3.05, 3.63) is 0 Å². The van der Waals surface area contributed by atoms with Crippen LogP contribution in [-0.4, -0.2) is 22.3 Å². The van der Waals surface area contributed by atoms with Crippen molar-refractivity contribution >= 4 is 5.97 Å². The van der Waals surface area contributed by atoms with Crippen molar-refractivity contribution in [3.63, 3.8) is 0 Å². The summed E-state index contributed by atoms with van der Waals surface area (Å²) >= 11 is 0. The smallest absolute Gasteiger partial charge is 0.339 e. The molecular weight excluding hydrogens is 192 g/mol. The van der Waals surface area contributed by atoms with E-state index >= 15 is 0 Å². The molecule has 0 unspecified atom stereocenters. The van der Waals surface area contributed by atoms with E-state index in [0.717, 1.165) is 19.3 Å². The zero-order chi connectivity index (χ0) is 10.8. The van der Waals surface area contributed by atoms with Crippen molar-refractivity contribution in [2.24, 2.45) is 17.8 Å². The first-order valence-electron chi connectivity index (χ1n) is 5.94. The zero-order valence-electron chi connectivity index (χ0n) is 9.32. The van der Waals surface area contributed by atoms with Crippen LogP contribution in [0, 0.1) is 17.8 Å². The summed E-state index contributed by atoms with van der Waals surface area (Å²) in [7, 11) is 0. The number of esters is 1. The van der Waals surface area contributed by atoms with Crippen molar-refractivity contribution in [3.8, 4) is 0 Å². The van der Waals surface area contributed by atoms with Crippen LogP contribution >= 0.6 is 0 Å². The summed E-state index contributed by atoms with van der Waals surface area (Å²) in [6, 6.07) is 0. The molecule has 1 N–H and O–H groups in total. The Hall–Kier alpha value is -0.570. The second-order valence-corrected chi connectivity index (χ2v) is 5.85. The van der Waals surface area contributed by atoms with Gasteiger partial charge in [-0.25, -0.2) is 4.79 Å². The first-order valence-corrected chi connectivity index (χ1v) is 5.94. The van der Waals surface area contributed by atoms with Gasteiger partial charge >= 0.3 is 5.97 Å². The van der Waals surface area contributed by atoms with Crippen LogP contribution in [0.1, 0.15) is 39.5 Å². The third kappa shape index (κ3) is 0.930. The lowest BCUT2D eigenvalue weighted by Crippen LogP contribution is -2.67. The molecule has 1 saturated heterocycles. The molecule has 0 bridgehead atoms. The number of ether oxygens (including phenoxy) is 1. The summed E-state index contributed by atoms with van der Waals surface area (Å²) in [6.07, 6.45) is 4.52. The Balaban J connectivity index is 1.99. The minimum Gasteiger partial charge on any atom is -0.457 e. The molecule has 1 aliphatic heterocycles. The van der Waals surface area contributed by atoms with Gasteiger partial charge < -0.3 is 9.84 Å². The van der Waals surface area contributed by atoms with Crippen molar-refractivity contribution < 1.29 is 14.6 Å². The van der Waals surface area contributed by atoms with Gasteiger partial charge in [0.25, 0.3) is 0 Å². The Morgan fingerprint density at radius 1 is 1.33 bits per heavy atom. The quantitative estimate of drug-likeness (QED) is 0.616. The number of hydrogen-bond donors (Lipinski definition) is 1. The van der Waals surface area contributed by atoms with E-state index in [4.69, 9.17) is 4.74 Å². The van der Waals surface area contributed by atoms with Crippen LogP contribution in [0.3, 0.4) is 0 Å². The lowest BCUT2D eigenvalue weighted by atomic mass is 9.47. The second-order valence-electron chi connectivity index (χ2n) is 5.85. The molecule has 15 heavy (non-hydrogen) atoms. The predicted molar refractivity (Wildman–Crippen MR) is 54.1 cm³/mol. The average molecular weight is 210 g/mol. The summed E-state index contributed by atoms with van der Waals surface area (Å²) < 4.78 is 5.34. The van der Waals surface area contributed by atoms with Gasteiger partial charge in [0.2, 0.25) is 0 Å². The second kappa shape index (κ2) is 2.57. The van der Waals surface area contributed by atoms with Crippen LogP contribution in [0.4, 0.5) is 0 Å². The van der Waals surface area contributed by atoms with E-state index < -0.39 is 11.2 Å². The fourth-order valence-electron chi connectivity index (χ4n) is 4.25. The molecular formula is C12H18O3. The minimum absolute atomic E-state index is 0.0304.